The van der Waals surface area contributed by atoms with E-state index in [-0.39, 0.29) is 6.54 Å². The molecule has 0 saturated carbocycles. The van der Waals surface area contributed by atoms with Crippen molar-refractivity contribution in [1.82, 2.24) is 5.48 Å². The van der Waals surface area contributed by atoms with Gasteiger partial charge in [-0.1, -0.05) is 6.82 Å². The standard InChI is InChI=1S/C5H12BN2O3/c1-6-11-8-3-4(7)5(9)10-2/h4,8H,3,7H2,1-2H3. The van der Waals surface area contributed by atoms with Gasteiger partial charge in [0.05, 0.1) is 7.11 Å². The molecule has 0 amide bonds. The highest BCUT2D eigenvalue weighted by molar-refractivity contribution is 6.24. The second-order valence-corrected chi connectivity index (χ2v) is 1.83. The van der Waals surface area contributed by atoms with Crippen molar-refractivity contribution in [2.75, 3.05) is 13.7 Å². The van der Waals surface area contributed by atoms with E-state index in [4.69, 9.17) is 5.73 Å². The molecule has 1 radical (unpaired) electrons. The fraction of sp³-hybridized carbons (Fsp3) is 0.800. The molecule has 5 nitrogen and oxygen atoms in total. The van der Waals surface area contributed by atoms with Gasteiger partial charge in [0.25, 0.3) is 0 Å². The van der Waals surface area contributed by atoms with Crippen molar-refractivity contribution in [1.29, 1.82) is 0 Å². The molecule has 0 aliphatic carbocycles. The molecule has 11 heavy (non-hydrogen) atoms. The van der Waals surface area contributed by atoms with Gasteiger partial charge in [0.1, 0.15) is 6.04 Å². The molecule has 0 rings (SSSR count). The van der Waals surface area contributed by atoms with Crippen LogP contribution in [0, 0.1) is 0 Å². The van der Waals surface area contributed by atoms with E-state index in [1.807, 2.05) is 0 Å². The summed E-state index contributed by atoms with van der Waals surface area (Å²) in [6.45, 7) is 1.94. The van der Waals surface area contributed by atoms with E-state index < -0.39 is 12.0 Å². The Labute approximate surface area is 66.5 Å². The molecule has 0 aliphatic rings. The molecule has 1 unspecified atom stereocenters. The zero-order valence-electron chi connectivity index (χ0n) is 6.66. The van der Waals surface area contributed by atoms with Gasteiger partial charge >= 0.3 is 13.5 Å². The minimum atomic E-state index is -0.681. The van der Waals surface area contributed by atoms with Crippen LogP contribution in [0.25, 0.3) is 0 Å². The lowest BCUT2D eigenvalue weighted by atomic mass is 10.1. The first-order chi connectivity index (χ1) is 5.22. The van der Waals surface area contributed by atoms with Crippen molar-refractivity contribution in [3.8, 4) is 0 Å². The summed E-state index contributed by atoms with van der Waals surface area (Å²) in [5, 5.41) is 0. The van der Waals surface area contributed by atoms with Crippen LogP contribution in [0.3, 0.4) is 0 Å². The van der Waals surface area contributed by atoms with E-state index in [1.165, 1.54) is 14.6 Å². The predicted octanol–water partition coefficient (Wildman–Crippen LogP) is -1.32. The Kier molecular flexibility index (Phi) is 5.82. The third-order valence-electron chi connectivity index (χ3n) is 1.01. The Morgan fingerprint density at radius 1 is 1.82 bits per heavy atom. The zero-order chi connectivity index (χ0) is 8.69. The van der Waals surface area contributed by atoms with Crippen LogP contribution in [0.15, 0.2) is 0 Å². The lowest BCUT2D eigenvalue weighted by molar-refractivity contribution is -0.142. The number of carbonyl (C=O) groups excluding carboxylic acids is 1. The molecule has 0 aromatic carbocycles. The number of hydroxylamine groups is 1. The van der Waals surface area contributed by atoms with Crippen molar-refractivity contribution in [3.63, 3.8) is 0 Å². The van der Waals surface area contributed by atoms with E-state index >= 15 is 0 Å². The smallest absolute Gasteiger partial charge is 0.324 e. The molecule has 6 heteroatoms. The number of hydrogen-bond acceptors (Lipinski definition) is 5. The molecule has 0 aliphatic heterocycles. The number of carbonyl (C=O) groups is 1. The van der Waals surface area contributed by atoms with Gasteiger partial charge in [0.15, 0.2) is 0 Å². The monoisotopic (exact) mass is 159 g/mol. The van der Waals surface area contributed by atoms with Crippen molar-refractivity contribution >= 4 is 13.5 Å². The molecule has 0 aromatic rings. The number of rotatable bonds is 5. The van der Waals surface area contributed by atoms with Crippen molar-refractivity contribution in [2.24, 2.45) is 5.73 Å². The van der Waals surface area contributed by atoms with Crippen LogP contribution in [0.2, 0.25) is 6.82 Å². The molecule has 0 spiro atoms. The van der Waals surface area contributed by atoms with Gasteiger partial charge in [0, 0.05) is 6.54 Å². The first kappa shape index (κ1) is 10.4. The molecule has 0 fully saturated rings. The molecular weight excluding hydrogens is 147 g/mol. The number of esters is 1. The number of hydrogen-bond donors (Lipinski definition) is 2. The number of nitrogens with two attached hydrogens (primary N) is 1. The fourth-order valence-corrected chi connectivity index (χ4v) is 0.456. The maximum Gasteiger partial charge on any atom is 0.324 e. The quantitative estimate of drug-likeness (QED) is 0.225. The average Bonchev–Trinajstić information content (AvgIpc) is 2.03. The van der Waals surface area contributed by atoms with E-state index in [0.29, 0.717) is 0 Å². The average molecular weight is 159 g/mol. The molecular formula is C5H12BN2O3. The summed E-state index contributed by atoms with van der Waals surface area (Å²) in [4.78, 5) is 10.7. The molecule has 3 N–H and O–H groups in total. The second kappa shape index (κ2) is 6.15. The largest absolute Gasteiger partial charge is 0.468 e. The zero-order valence-corrected chi connectivity index (χ0v) is 6.66. The highest BCUT2D eigenvalue weighted by Gasteiger charge is 2.12. The maximum atomic E-state index is 10.7. The molecule has 0 heterocycles. The molecule has 63 valence electrons. The van der Waals surface area contributed by atoms with Gasteiger partial charge in [-0.05, 0) is 0 Å². The highest BCUT2D eigenvalue weighted by Crippen LogP contribution is 1.80. The third-order valence-corrected chi connectivity index (χ3v) is 1.01. The summed E-state index contributed by atoms with van der Waals surface area (Å²) < 4.78 is 9.01. The molecule has 0 saturated heterocycles. The summed E-state index contributed by atoms with van der Waals surface area (Å²) in [7, 11) is 2.74. The number of methoxy groups -OCH3 is 1. The predicted molar refractivity (Wildman–Crippen MR) is 40.7 cm³/mol. The summed E-state index contributed by atoms with van der Waals surface area (Å²) in [5.41, 5.74) is 7.81. The first-order valence-electron chi connectivity index (χ1n) is 3.22. The first-order valence-corrected chi connectivity index (χ1v) is 3.22. The highest BCUT2D eigenvalue weighted by atomic mass is 16.6. The van der Waals surface area contributed by atoms with Crippen molar-refractivity contribution in [2.45, 2.75) is 12.9 Å². The van der Waals surface area contributed by atoms with Crippen molar-refractivity contribution in [3.05, 3.63) is 0 Å². The minimum Gasteiger partial charge on any atom is -0.468 e. The lowest BCUT2D eigenvalue weighted by Gasteiger charge is -2.09. The van der Waals surface area contributed by atoms with E-state index in [9.17, 15) is 4.79 Å². The normalized spacial score (nSPS) is 12.3. The Bertz CT molecular complexity index is 122. The van der Waals surface area contributed by atoms with E-state index in [2.05, 4.69) is 15.0 Å². The Hall–Kier alpha value is -0.585. The van der Waals surface area contributed by atoms with Gasteiger partial charge < -0.3 is 15.2 Å². The number of ether oxygens (including phenoxy) is 1. The Morgan fingerprint density at radius 3 is 2.91 bits per heavy atom. The topological polar surface area (TPSA) is 73.6 Å². The number of nitrogens with one attached hydrogen (secondary N) is 1. The van der Waals surface area contributed by atoms with Gasteiger partial charge in [-0.15, -0.1) is 0 Å². The second-order valence-electron chi connectivity index (χ2n) is 1.83. The van der Waals surface area contributed by atoms with Crippen LogP contribution in [-0.2, 0) is 14.3 Å². The third kappa shape index (κ3) is 4.77. The summed E-state index contributed by atoms with van der Waals surface area (Å²) in [6.07, 6.45) is 0. The van der Waals surface area contributed by atoms with Gasteiger partial charge in [-0.25, -0.2) is 5.48 Å². The summed E-state index contributed by atoms with van der Waals surface area (Å²) in [6, 6.07) is -0.681. The van der Waals surface area contributed by atoms with Crippen molar-refractivity contribution < 1.29 is 14.3 Å². The van der Waals surface area contributed by atoms with Crippen LogP contribution in [-0.4, -0.2) is 33.1 Å². The van der Waals surface area contributed by atoms with Crippen LogP contribution < -0.4 is 11.2 Å². The molecule has 0 bridgehead atoms. The Balaban J connectivity index is 3.36. The van der Waals surface area contributed by atoms with Crippen LogP contribution in [0.1, 0.15) is 0 Å². The van der Waals surface area contributed by atoms with Crippen LogP contribution in [0.5, 0.6) is 0 Å². The van der Waals surface area contributed by atoms with Gasteiger partial charge in [-0.2, -0.15) is 0 Å². The van der Waals surface area contributed by atoms with E-state index in [0.717, 1.165) is 0 Å². The Morgan fingerprint density at radius 2 is 2.45 bits per heavy atom. The molecule has 0 aromatic heterocycles. The van der Waals surface area contributed by atoms with Crippen LogP contribution >= 0.6 is 0 Å². The van der Waals surface area contributed by atoms with Crippen LogP contribution in [0.4, 0.5) is 0 Å². The van der Waals surface area contributed by atoms with Gasteiger partial charge in [-0.3, -0.25) is 4.79 Å². The summed E-state index contributed by atoms with van der Waals surface area (Å²) in [5.74, 6) is -0.461. The fourth-order valence-electron chi connectivity index (χ4n) is 0.456. The minimum absolute atomic E-state index is 0.233. The van der Waals surface area contributed by atoms with E-state index in [1.54, 1.807) is 6.82 Å². The molecule has 1 atom stereocenters. The maximum absolute atomic E-state index is 10.7. The SMILES string of the molecule is C[B]ONCC(N)C(=O)OC. The summed E-state index contributed by atoms with van der Waals surface area (Å²) >= 11 is 0. The van der Waals surface area contributed by atoms with Gasteiger partial charge in [0.2, 0.25) is 0 Å². The lowest BCUT2D eigenvalue weighted by Crippen LogP contribution is -2.41.